The van der Waals surface area contributed by atoms with Gasteiger partial charge in [-0.2, -0.15) is 0 Å². The van der Waals surface area contributed by atoms with Gasteiger partial charge in [-0.15, -0.1) is 0 Å². The quantitative estimate of drug-likeness (QED) is 0.904. The summed E-state index contributed by atoms with van der Waals surface area (Å²) >= 11 is 0. The van der Waals surface area contributed by atoms with Crippen molar-refractivity contribution in [1.29, 1.82) is 0 Å². The fraction of sp³-hybridized carbons (Fsp3) is 0.562. The lowest BCUT2D eigenvalue weighted by Gasteiger charge is -2.33. The molecule has 1 N–H and O–H groups in total. The minimum Gasteiger partial charge on any atom is -0.481 e. The highest BCUT2D eigenvalue weighted by Gasteiger charge is 2.55. The molecule has 1 aromatic carbocycles. The summed E-state index contributed by atoms with van der Waals surface area (Å²) in [6.45, 7) is 3.23. The van der Waals surface area contributed by atoms with Gasteiger partial charge in [0.25, 0.3) is 0 Å². The van der Waals surface area contributed by atoms with Crippen molar-refractivity contribution in [2.45, 2.75) is 32.2 Å². The Bertz CT molecular complexity index is 459. The van der Waals surface area contributed by atoms with Crippen LogP contribution >= 0.6 is 0 Å². The Kier molecular flexibility index (Phi) is 3.31. The fourth-order valence-electron chi connectivity index (χ4n) is 3.67. The van der Waals surface area contributed by atoms with Gasteiger partial charge in [0.05, 0.1) is 0 Å². The van der Waals surface area contributed by atoms with Crippen LogP contribution < -0.4 is 0 Å². The van der Waals surface area contributed by atoms with E-state index in [9.17, 15) is 4.79 Å². The van der Waals surface area contributed by atoms with E-state index in [0.717, 1.165) is 26.1 Å². The van der Waals surface area contributed by atoms with Crippen molar-refractivity contribution in [1.82, 2.24) is 4.90 Å². The highest BCUT2D eigenvalue weighted by molar-refractivity contribution is 5.67. The lowest BCUT2D eigenvalue weighted by atomic mass is 9.91. The van der Waals surface area contributed by atoms with Gasteiger partial charge in [0, 0.05) is 19.5 Å². The SMILES string of the molecule is O=C(O)CC1CC12CCCN(Cc1ccccc1)C2. The average Bonchev–Trinajstić information content (AvgIpc) is 3.01. The van der Waals surface area contributed by atoms with Crippen molar-refractivity contribution in [2.75, 3.05) is 13.1 Å². The van der Waals surface area contributed by atoms with Gasteiger partial charge < -0.3 is 5.11 Å². The van der Waals surface area contributed by atoms with E-state index in [0.29, 0.717) is 17.8 Å². The zero-order valence-corrected chi connectivity index (χ0v) is 11.2. The second-order valence-electron chi connectivity index (χ2n) is 6.16. The normalized spacial score (nSPS) is 30.4. The topological polar surface area (TPSA) is 40.5 Å². The third-order valence-electron chi connectivity index (χ3n) is 4.72. The average molecular weight is 259 g/mol. The third-order valence-corrected chi connectivity index (χ3v) is 4.72. The number of carboxylic acids is 1. The lowest BCUT2D eigenvalue weighted by molar-refractivity contribution is -0.137. The Morgan fingerprint density at radius 3 is 2.89 bits per heavy atom. The van der Waals surface area contributed by atoms with E-state index in [-0.39, 0.29) is 0 Å². The molecule has 2 unspecified atom stereocenters. The minimum atomic E-state index is -0.637. The molecule has 1 spiro atoms. The van der Waals surface area contributed by atoms with E-state index < -0.39 is 5.97 Å². The summed E-state index contributed by atoms with van der Waals surface area (Å²) in [4.78, 5) is 13.3. The van der Waals surface area contributed by atoms with E-state index in [1.807, 2.05) is 6.07 Å². The number of benzene rings is 1. The smallest absolute Gasteiger partial charge is 0.303 e. The number of piperidine rings is 1. The van der Waals surface area contributed by atoms with Crippen LogP contribution in [0.5, 0.6) is 0 Å². The van der Waals surface area contributed by atoms with Crippen LogP contribution in [-0.2, 0) is 11.3 Å². The Hall–Kier alpha value is -1.35. The maximum atomic E-state index is 10.8. The highest BCUT2D eigenvalue weighted by atomic mass is 16.4. The highest BCUT2D eigenvalue weighted by Crippen LogP contribution is 2.59. The van der Waals surface area contributed by atoms with Crippen molar-refractivity contribution in [3.63, 3.8) is 0 Å². The van der Waals surface area contributed by atoms with Crippen LogP contribution in [0.2, 0.25) is 0 Å². The van der Waals surface area contributed by atoms with Gasteiger partial charge >= 0.3 is 5.97 Å². The summed E-state index contributed by atoms with van der Waals surface area (Å²) in [6, 6.07) is 10.6. The second kappa shape index (κ2) is 4.97. The lowest BCUT2D eigenvalue weighted by Crippen LogP contribution is -2.37. The molecular weight excluding hydrogens is 238 g/mol. The number of hydrogen-bond donors (Lipinski definition) is 1. The first-order chi connectivity index (χ1) is 9.18. The summed E-state index contributed by atoms with van der Waals surface area (Å²) in [5.41, 5.74) is 1.68. The maximum Gasteiger partial charge on any atom is 0.303 e. The van der Waals surface area contributed by atoms with Crippen molar-refractivity contribution in [3.8, 4) is 0 Å². The molecule has 2 atom stereocenters. The number of rotatable bonds is 4. The second-order valence-corrected chi connectivity index (χ2v) is 6.16. The van der Waals surface area contributed by atoms with Crippen LogP contribution in [0.3, 0.4) is 0 Å². The number of likely N-dealkylation sites (tertiary alicyclic amines) is 1. The molecule has 1 saturated carbocycles. The van der Waals surface area contributed by atoms with Crippen LogP contribution in [0.25, 0.3) is 0 Å². The molecule has 1 aliphatic heterocycles. The Morgan fingerprint density at radius 2 is 2.16 bits per heavy atom. The van der Waals surface area contributed by atoms with Gasteiger partial charge in [-0.3, -0.25) is 9.69 Å². The molecule has 1 aromatic rings. The predicted octanol–water partition coefficient (Wildman–Crippen LogP) is 2.76. The van der Waals surface area contributed by atoms with Gasteiger partial charge in [0.2, 0.25) is 0 Å². The Labute approximate surface area is 114 Å². The largest absolute Gasteiger partial charge is 0.481 e. The third kappa shape index (κ3) is 2.81. The molecule has 1 aliphatic carbocycles. The van der Waals surface area contributed by atoms with E-state index in [2.05, 4.69) is 29.2 Å². The van der Waals surface area contributed by atoms with Crippen LogP contribution in [0.15, 0.2) is 30.3 Å². The number of nitrogens with zero attached hydrogens (tertiary/aromatic N) is 1. The molecule has 19 heavy (non-hydrogen) atoms. The van der Waals surface area contributed by atoms with E-state index in [1.54, 1.807) is 0 Å². The molecule has 3 nitrogen and oxygen atoms in total. The fourth-order valence-corrected chi connectivity index (χ4v) is 3.67. The van der Waals surface area contributed by atoms with Crippen molar-refractivity contribution < 1.29 is 9.90 Å². The zero-order chi connectivity index (χ0) is 13.3. The van der Waals surface area contributed by atoms with Crippen LogP contribution in [0.1, 0.15) is 31.2 Å². The van der Waals surface area contributed by atoms with Crippen molar-refractivity contribution >= 4 is 5.97 Å². The summed E-state index contributed by atoms with van der Waals surface area (Å²) < 4.78 is 0. The summed E-state index contributed by atoms with van der Waals surface area (Å²) in [5, 5.41) is 8.93. The standard InChI is InChI=1S/C16H21NO2/c18-15(19)9-14-10-16(14)7-4-8-17(12-16)11-13-5-2-1-3-6-13/h1-3,5-6,14H,4,7-12H2,(H,18,19). The van der Waals surface area contributed by atoms with Crippen molar-refractivity contribution in [2.24, 2.45) is 11.3 Å². The first-order valence-corrected chi connectivity index (χ1v) is 7.16. The van der Waals surface area contributed by atoms with Crippen LogP contribution in [0.4, 0.5) is 0 Å². The number of carboxylic acid groups (broad SMARTS) is 1. The maximum absolute atomic E-state index is 10.8. The molecule has 1 saturated heterocycles. The molecule has 2 aliphatic rings. The van der Waals surface area contributed by atoms with Crippen LogP contribution in [-0.4, -0.2) is 29.1 Å². The predicted molar refractivity (Wildman–Crippen MR) is 73.7 cm³/mol. The summed E-state index contributed by atoms with van der Waals surface area (Å²) in [5.74, 6) is -0.217. The van der Waals surface area contributed by atoms with Crippen molar-refractivity contribution in [3.05, 3.63) is 35.9 Å². The number of carbonyl (C=O) groups is 1. The van der Waals surface area contributed by atoms with Gasteiger partial charge in [-0.1, -0.05) is 30.3 Å². The molecular formula is C16H21NO2. The molecule has 2 fully saturated rings. The molecule has 1 heterocycles. The Balaban J connectivity index is 1.59. The Morgan fingerprint density at radius 1 is 1.37 bits per heavy atom. The molecule has 0 bridgehead atoms. The molecule has 0 aromatic heterocycles. The van der Waals surface area contributed by atoms with E-state index >= 15 is 0 Å². The molecule has 102 valence electrons. The molecule has 3 rings (SSSR count). The van der Waals surface area contributed by atoms with Crippen LogP contribution in [0, 0.1) is 11.3 Å². The monoisotopic (exact) mass is 259 g/mol. The summed E-state index contributed by atoms with van der Waals surface area (Å²) in [7, 11) is 0. The number of aliphatic carboxylic acids is 1. The van der Waals surface area contributed by atoms with Gasteiger partial charge in [-0.25, -0.2) is 0 Å². The van der Waals surface area contributed by atoms with Gasteiger partial charge in [0.1, 0.15) is 0 Å². The van der Waals surface area contributed by atoms with Gasteiger partial charge in [-0.05, 0) is 42.7 Å². The van der Waals surface area contributed by atoms with E-state index in [1.165, 1.54) is 18.4 Å². The first kappa shape index (κ1) is 12.7. The molecule has 0 amide bonds. The molecule has 0 radical (unpaired) electrons. The molecule has 3 heteroatoms. The number of hydrogen-bond acceptors (Lipinski definition) is 2. The summed E-state index contributed by atoms with van der Waals surface area (Å²) in [6.07, 6.45) is 3.91. The minimum absolute atomic E-state index is 0.325. The first-order valence-electron chi connectivity index (χ1n) is 7.16. The zero-order valence-electron chi connectivity index (χ0n) is 11.2. The van der Waals surface area contributed by atoms with E-state index in [4.69, 9.17) is 5.11 Å². The van der Waals surface area contributed by atoms with Gasteiger partial charge in [0.15, 0.2) is 0 Å².